The summed E-state index contributed by atoms with van der Waals surface area (Å²) in [5.74, 6) is 0.899. The van der Waals surface area contributed by atoms with Crippen LogP contribution in [-0.2, 0) is 0 Å². The summed E-state index contributed by atoms with van der Waals surface area (Å²) < 4.78 is 1.80. The molecular formula is C16H22N4OS. The van der Waals surface area contributed by atoms with Gasteiger partial charge in [-0.15, -0.1) is 0 Å². The van der Waals surface area contributed by atoms with Crippen molar-refractivity contribution in [3.05, 3.63) is 48.3 Å². The summed E-state index contributed by atoms with van der Waals surface area (Å²) in [4.78, 5) is 12.0. The zero-order valence-corrected chi connectivity index (χ0v) is 13.9. The van der Waals surface area contributed by atoms with Gasteiger partial charge in [0, 0.05) is 24.2 Å². The van der Waals surface area contributed by atoms with Crippen LogP contribution in [0.15, 0.2) is 42.7 Å². The van der Waals surface area contributed by atoms with Gasteiger partial charge in [-0.25, -0.2) is 9.48 Å². The molecule has 0 unspecified atom stereocenters. The molecule has 0 aliphatic rings. The van der Waals surface area contributed by atoms with E-state index in [4.69, 9.17) is 0 Å². The lowest BCUT2D eigenvalue weighted by Gasteiger charge is -2.18. The Balaban J connectivity index is 1.99. The number of nitrogens with zero attached hydrogens (tertiary/aromatic N) is 2. The van der Waals surface area contributed by atoms with Crippen LogP contribution in [0.3, 0.4) is 0 Å². The number of amides is 2. The van der Waals surface area contributed by atoms with Crippen LogP contribution in [0.25, 0.3) is 5.69 Å². The molecule has 0 radical (unpaired) electrons. The van der Waals surface area contributed by atoms with E-state index >= 15 is 0 Å². The quantitative estimate of drug-likeness (QED) is 0.861. The number of hydrogen-bond donors (Lipinski definition) is 2. The van der Waals surface area contributed by atoms with Crippen LogP contribution in [0, 0.1) is 0 Å². The normalized spacial score (nSPS) is 13.4. The fourth-order valence-electron chi connectivity index (χ4n) is 2.20. The first-order valence-corrected chi connectivity index (χ1v) is 8.65. The Bertz CT molecular complexity index is 600. The first-order valence-electron chi connectivity index (χ1n) is 7.26. The summed E-state index contributed by atoms with van der Waals surface area (Å²) in [5.41, 5.74) is 2.02. The second-order valence-corrected chi connectivity index (χ2v) is 6.15. The van der Waals surface area contributed by atoms with Crippen LogP contribution in [-0.4, -0.2) is 33.9 Å². The highest BCUT2D eigenvalue weighted by molar-refractivity contribution is 7.98. The van der Waals surface area contributed by atoms with Gasteiger partial charge in [0.15, 0.2) is 0 Å². The minimum Gasteiger partial charge on any atom is -0.335 e. The van der Waals surface area contributed by atoms with Crippen LogP contribution in [0.5, 0.6) is 0 Å². The molecule has 0 bridgehead atoms. The summed E-state index contributed by atoms with van der Waals surface area (Å²) >= 11 is 1.72. The van der Waals surface area contributed by atoms with Crippen molar-refractivity contribution in [2.75, 3.05) is 12.0 Å². The number of benzene rings is 1. The van der Waals surface area contributed by atoms with Gasteiger partial charge in [-0.05, 0) is 43.9 Å². The molecule has 2 aromatic rings. The summed E-state index contributed by atoms with van der Waals surface area (Å²) in [6, 6.07) is 9.82. The van der Waals surface area contributed by atoms with E-state index in [0.29, 0.717) is 0 Å². The van der Waals surface area contributed by atoms with Crippen molar-refractivity contribution in [3.8, 4) is 5.69 Å². The Hall–Kier alpha value is -1.95. The highest BCUT2D eigenvalue weighted by Crippen LogP contribution is 2.16. The molecule has 0 saturated carbocycles. The lowest BCUT2D eigenvalue weighted by molar-refractivity contribution is 0.235. The molecule has 0 saturated heterocycles. The van der Waals surface area contributed by atoms with Crippen molar-refractivity contribution in [1.29, 1.82) is 0 Å². The number of hydrogen-bond acceptors (Lipinski definition) is 3. The summed E-state index contributed by atoms with van der Waals surface area (Å²) in [5, 5.41) is 10.1. The molecule has 2 amide bonds. The summed E-state index contributed by atoms with van der Waals surface area (Å²) in [7, 11) is 0. The maximum atomic E-state index is 12.0. The molecule has 0 fully saturated rings. The highest BCUT2D eigenvalue weighted by Gasteiger charge is 2.12. The number of thioether (sulfide) groups is 1. The van der Waals surface area contributed by atoms with Gasteiger partial charge in [0.1, 0.15) is 0 Å². The largest absolute Gasteiger partial charge is 0.335 e. The third-order valence-corrected chi connectivity index (χ3v) is 4.11. The zero-order chi connectivity index (χ0) is 15.9. The van der Waals surface area contributed by atoms with E-state index < -0.39 is 0 Å². The maximum Gasteiger partial charge on any atom is 0.315 e. The van der Waals surface area contributed by atoms with Crippen LogP contribution < -0.4 is 10.6 Å². The zero-order valence-electron chi connectivity index (χ0n) is 13.1. The average molecular weight is 318 g/mol. The Labute approximate surface area is 135 Å². The third-order valence-electron chi connectivity index (χ3n) is 3.28. The Morgan fingerprint density at radius 3 is 2.82 bits per heavy atom. The van der Waals surface area contributed by atoms with Gasteiger partial charge in [-0.2, -0.15) is 16.9 Å². The van der Waals surface area contributed by atoms with E-state index in [0.717, 1.165) is 17.0 Å². The molecule has 22 heavy (non-hydrogen) atoms. The van der Waals surface area contributed by atoms with Crippen molar-refractivity contribution in [2.24, 2.45) is 0 Å². The molecule has 0 spiro atoms. The number of nitrogens with one attached hydrogen (secondary N) is 2. The summed E-state index contributed by atoms with van der Waals surface area (Å²) in [6.45, 7) is 3.97. The van der Waals surface area contributed by atoms with Crippen molar-refractivity contribution in [2.45, 2.75) is 25.9 Å². The van der Waals surface area contributed by atoms with E-state index in [1.165, 1.54) is 0 Å². The summed E-state index contributed by atoms with van der Waals surface area (Å²) in [6.07, 6.45) is 5.67. The number of rotatable bonds is 6. The SMILES string of the molecule is CSC[C@@H](C)NC(=O)N[C@H](C)c1cccc(-n2cccn2)c1. The van der Waals surface area contributed by atoms with Crippen LogP contribution in [0.4, 0.5) is 4.79 Å². The van der Waals surface area contributed by atoms with Gasteiger partial charge in [0.2, 0.25) is 0 Å². The Kier molecular flexibility index (Phi) is 5.89. The van der Waals surface area contributed by atoms with Crippen LogP contribution in [0.1, 0.15) is 25.5 Å². The topological polar surface area (TPSA) is 59.0 Å². The number of aromatic nitrogens is 2. The number of carbonyl (C=O) groups excluding carboxylic acids is 1. The molecule has 0 aliphatic heterocycles. The molecule has 1 aromatic heterocycles. The molecule has 1 heterocycles. The number of urea groups is 1. The maximum absolute atomic E-state index is 12.0. The number of carbonyl (C=O) groups is 1. The fraction of sp³-hybridized carbons (Fsp3) is 0.375. The molecule has 2 N–H and O–H groups in total. The molecule has 0 aliphatic carbocycles. The minimum atomic E-state index is -0.140. The molecule has 5 nitrogen and oxygen atoms in total. The minimum absolute atomic E-state index is 0.0722. The first-order chi connectivity index (χ1) is 10.6. The lowest BCUT2D eigenvalue weighted by Crippen LogP contribution is -2.42. The predicted molar refractivity (Wildman–Crippen MR) is 91.5 cm³/mol. The smallest absolute Gasteiger partial charge is 0.315 e. The Morgan fingerprint density at radius 2 is 2.14 bits per heavy atom. The lowest BCUT2D eigenvalue weighted by atomic mass is 10.1. The standard InChI is InChI=1S/C16H22N4OS/c1-12(11-22-3)18-16(21)19-13(2)14-6-4-7-15(10-14)20-9-5-8-17-20/h4-10,12-13H,11H2,1-3H3,(H2,18,19,21)/t12-,13-/m1/s1. The van der Waals surface area contributed by atoms with Gasteiger partial charge in [-0.1, -0.05) is 12.1 Å². The molecular weight excluding hydrogens is 296 g/mol. The van der Waals surface area contributed by atoms with Crippen LogP contribution in [0.2, 0.25) is 0 Å². The molecule has 2 rings (SSSR count). The third kappa shape index (κ3) is 4.53. The van der Waals surface area contributed by atoms with Crippen molar-refractivity contribution < 1.29 is 4.79 Å². The van der Waals surface area contributed by atoms with E-state index in [1.54, 1.807) is 22.6 Å². The van der Waals surface area contributed by atoms with Gasteiger partial charge in [-0.3, -0.25) is 0 Å². The fourth-order valence-corrected chi connectivity index (χ4v) is 2.78. The Morgan fingerprint density at radius 1 is 1.32 bits per heavy atom. The monoisotopic (exact) mass is 318 g/mol. The predicted octanol–water partition coefficient (Wildman–Crippen LogP) is 2.98. The average Bonchev–Trinajstić information content (AvgIpc) is 3.01. The molecule has 1 aromatic carbocycles. The van der Waals surface area contributed by atoms with Crippen molar-refractivity contribution in [3.63, 3.8) is 0 Å². The van der Waals surface area contributed by atoms with Gasteiger partial charge in [0.05, 0.1) is 11.7 Å². The van der Waals surface area contributed by atoms with E-state index in [2.05, 4.69) is 15.7 Å². The molecule has 6 heteroatoms. The molecule has 118 valence electrons. The van der Waals surface area contributed by atoms with Crippen molar-refractivity contribution in [1.82, 2.24) is 20.4 Å². The van der Waals surface area contributed by atoms with Gasteiger partial charge < -0.3 is 10.6 Å². The first kappa shape index (κ1) is 16.4. The van der Waals surface area contributed by atoms with Crippen LogP contribution >= 0.6 is 11.8 Å². The second-order valence-electron chi connectivity index (χ2n) is 5.24. The highest BCUT2D eigenvalue weighted by atomic mass is 32.2. The van der Waals surface area contributed by atoms with Gasteiger partial charge >= 0.3 is 6.03 Å². The molecule has 2 atom stereocenters. The van der Waals surface area contributed by atoms with E-state index in [-0.39, 0.29) is 18.1 Å². The van der Waals surface area contributed by atoms with E-state index in [9.17, 15) is 4.79 Å². The van der Waals surface area contributed by atoms with Gasteiger partial charge in [0.25, 0.3) is 0 Å². The second kappa shape index (κ2) is 7.89. The van der Waals surface area contributed by atoms with E-state index in [1.807, 2.05) is 56.6 Å². The van der Waals surface area contributed by atoms with Crippen molar-refractivity contribution >= 4 is 17.8 Å².